The largest absolute Gasteiger partial charge is 0.508 e. The first-order chi connectivity index (χ1) is 16.2. The molecule has 0 radical (unpaired) electrons. The Morgan fingerprint density at radius 1 is 0.788 bits per heavy atom. The Kier molecular flexibility index (Phi) is 6.30. The molecule has 33 heavy (non-hydrogen) atoms. The number of hydrogen-bond acceptors (Lipinski definition) is 1. The molecule has 0 heterocycles. The zero-order chi connectivity index (χ0) is 22.6. The summed E-state index contributed by atoms with van der Waals surface area (Å²) in [7, 11) is 0. The standard InChI is InChI=1S/C22H24.C10H8O/c1-2-3-7-16-9-6-11-20-19(16)14-15-21-18-10-5-4-8-17(18)12-13-22(20)21;11-10-6-5-8-3-1-2-4-9(8)7-10/h5-6,9-11,14-15H,2-4,7-8,12-13H2,1H3;1-7,11H. The number of phenols is 1. The van der Waals surface area contributed by atoms with Crippen LogP contribution in [0.4, 0.5) is 0 Å². The van der Waals surface area contributed by atoms with Crippen LogP contribution in [0.2, 0.25) is 0 Å². The van der Waals surface area contributed by atoms with Gasteiger partial charge in [0.2, 0.25) is 0 Å². The molecule has 1 N–H and O–H groups in total. The van der Waals surface area contributed by atoms with Crippen molar-refractivity contribution in [2.75, 3.05) is 0 Å². The van der Waals surface area contributed by atoms with Crippen molar-refractivity contribution >= 4 is 27.1 Å². The molecule has 0 spiro atoms. The molecule has 1 nitrogen and oxygen atoms in total. The average molecular weight is 433 g/mol. The number of allylic oxidation sites excluding steroid dienone is 4. The van der Waals surface area contributed by atoms with Crippen LogP contribution >= 0.6 is 0 Å². The van der Waals surface area contributed by atoms with E-state index in [4.69, 9.17) is 5.11 Å². The predicted octanol–water partition coefficient (Wildman–Crippen LogP) is 8.78. The second kappa shape index (κ2) is 9.67. The van der Waals surface area contributed by atoms with E-state index < -0.39 is 0 Å². The molecule has 0 saturated heterocycles. The summed E-state index contributed by atoms with van der Waals surface area (Å²) < 4.78 is 0. The van der Waals surface area contributed by atoms with Gasteiger partial charge >= 0.3 is 0 Å². The molecular weight excluding hydrogens is 400 g/mol. The molecule has 6 rings (SSSR count). The van der Waals surface area contributed by atoms with Crippen LogP contribution in [0.15, 0.2) is 90.5 Å². The van der Waals surface area contributed by atoms with E-state index in [1.165, 1.54) is 72.4 Å². The van der Waals surface area contributed by atoms with Gasteiger partial charge in [-0.25, -0.2) is 0 Å². The fourth-order valence-corrected chi connectivity index (χ4v) is 5.30. The predicted molar refractivity (Wildman–Crippen MR) is 142 cm³/mol. The van der Waals surface area contributed by atoms with Crippen LogP contribution in [0.3, 0.4) is 0 Å². The van der Waals surface area contributed by atoms with Crippen molar-refractivity contribution in [1.82, 2.24) is 0 Å². The van der Waals surface area contributed by atoms with Gasteiger partial charge in [0.1, 0.15) is 5.75 Å². The van der Waals surface area contributed by atoms with E-state index in [-0.39, 0.29) is 0 Å². The van der Waals surface area contributed by atoms with E-state index in [0.717, 1.165) is 10.8 Å². The van der Waals surface area contributed by atoms with Gasteiger partial charge in [0.15, 0.2) is 0 Å². The number of phenolic OH excluding ortho intramolecular Hbond substituents is 1. The molecule has 0 unspecified atom stereocenters. The molecule has 4 aromatic carbocycles. The number of fused-ring (bicyclic) bond motifs is 5. The fraction of sp³-hybridized carbons (Fsp3) is 0.250. The zero-order valence-corrected chi connectivity index (χ0v) is 19.5. The minimum absolute atomic E-state index is 0.323. The minimum Gasteiger partial charge on any atom is -0.508 e. The zero-order valence-electron chi connectivity index (χ0n) is 19.5. The van der Waals surface area contributed by atoms with Crippen molar-refractivity contribution in [1.29, 1.82) is 0 Å². The highest BCUT2D eigenvalue weighted by Gasteiger charge is 2.20. The second-order valence-corrected chi connectivity index (χ2v) is 9.20. The maximum atomic E-state index is 9.13. The van der Waals surface area contributed by atoms with Crippen LogP contribution in [-0.2, 0) is 12.8 Å². The Morgan fingerprint density at radius 3 is 2.55 bits per heavy atom. The summed E-state index contributed by atoms with van der Waals surface area (Å²) in [5, 5.41) is 14.3. The third kappa shape index (κ3) is 4.46. The lowest BCUT2D eigenvalue weighted by molar-refractivity contribution is 0.476. The lowest BCUT2D eigenvalue weighted by Crippen LogP contribution is -2.07. The molecule has 4 aromatic rings. The highest BCUT2D eigenvalue weighted by atomic mass is 16.3. The third-order valence-corrected chi connectivity index (χ3v) is 7.04. The van der Waals surface area contributed by atoms with Gasteiger partial charge in [-0.2, -0.15) is 0 Å². The SMILES string of the molecule is CCCCc1cccc2c3c(ccc12)C1=C(CCC=C1)CC3.Oc1ccc2ccccc2c1. The molecule has 0 saturated carbocycles. The molecule has 0 atom stereocenters. The first-order valence-corrected chi connectivity index (χ1v) is 12.3. The van der Waals surface area contributed by atoms with Gasteiger partial charge in [-0.1, -0.05) is 91.7 Å². The monoisotopic (exact) mass is 432 g/mol. The van der Waals surface area contributed by atoms with Gasteiger partial charge in [-0.15, -0.1) is 0 Å². The van der Waals surface area contributed by atoms with E-state index >= 15 is 0 Å². The van der Waals surface area contributed by atoms with Crippen molar-refractivity contribution in [2.45, 2.75) is 51.9 Å². The van der Waals surface area contributed by atoms with Crippen LogP contribution < -0.4 is 0 Å². The summed E-state index contributed by atoms with van der Waals surface area (Å²) in [6, 6.07) is 25.0. The highest BCUT2D eigenvalue weighted by Crippen LogP contribution is 2.40. The molecule has 0 bridgehead atoms. The quantitative estimate of drug-likeness (QED) is 0.343. The van der Waals surface area contributed by atoms with Crippen molar-refractivity contribution in [3.63, 3.8) is 0 Å². The van der Waals surface area contributed by atoms with E-state index in [1.807, 2.05) is 30.3 Å². The number of hydrogen-bond donors (Lipinski definition) is 1. The number of aryl methyl sites for hydroxylation is 2. The highest BCUT2D eigenvalue weighted by molar-refractivity contribution is 5.95. The second-order valence-electron chi connectivity index (χ2n) is 9.20. The van der Waals surface area contributed by atoms with Crippen LogP contribution in [0.1, 0.15) is 55.7 Å². The summed E-state index contributed by atoms with van der Waals surface area (Å²) in [5.74, 6) is 0.323. The molecule has 0 aliphatic heterocycles. The Balaban J connectivity index is 0.000000174. The molecule has 1 heteroatoms. The molecule has 0 amide bonds. The van der Waals surface area contributed by atoms with E-state index in [9.17, 15) is 0 Å². The number of unbranched alkanes of at least 4 members (excludes halogenated alkanes) is 1. The maximum Gasteiger partial charge on any atom is 0.116 e. The number of rotatable bonds is 3. The van der Waals surface area contributed by atoms with Crippen LogP contribution in [0.5, 0.6) is 5.75 Å². The smallest absolute Gasteiger partial charge is 0.116 e. The Morgan fingerprint density at radius 2 is 1.67 bits per heavy atom. The van der Waals surface area contributed by atoms with Gasteiger partial charge in [0, 0.05) is 0 Å². The summed E-state index contributed by atoms with van der Waals surface area (Å²) in [5.41, 5.74) is 7.81. The van der Waals surface area contributed by atoms with E-state index in [0.29, 0.717) is 5.75 Å². The molecular formula is C32H32O. The summed E-state index contributed by atoms with van der Waals surface area (Å²) in [6.07, 6.45) is 13.4. The summed E-state index contributed by atoms with van der Waals surface area (Å²) in [6.45, 7) is 2.27. The van der Waals surface area contributed by atoms with Crippen molar-refractivity contribution in [2.24, 2.45) is 0 Å². The Bertz CT molecular complexity index is 1360. The van der Waals surface area contributed by atoms with E-state index in [1.54, 1.807) is 23.3 Å². The molecule has 2 aliphatic carbocycles. The third-order valence-electron chi connectivity index (χ3n) is 7.04. The maximum absolute atomic E-state index is 9.13. The van der Waals surface area contributed by atoms with E-state index in [2.05, 4.69) is 49.4 Å². The van der Waals surface area contributed by atoms with Gasteiger partial charge < -0.3 is 5.11 Å². The lowest BCUT2D eigenvalue weighted by atomic mass is 9.79. The molecule has 2 aliphatic rings. The Hall–Kier alpha value is -3.32. The Labute approximate surface area is 197 Å². The normalized spacial score (nSPS) is 14.6. The van der Waals surface area contributed by atoms with Crippen LogP contribution in [0.25, 0.3) is 27.1 Å². The van der Waals surface area contributed by atoms with Crippen LogP contribution in [0, 0.1) is 0 Å². The summed E-state index contributed by atoms with van der Waals surface area (Å²) in [4.78, 5) is 0. The van der Waals surface area contributed by atoms with Gasteiger partial charge in [0.25, 0.3) is 0 Å². The van der Waals surface area contributed by atoms with Gasteiger partial charge in [-0.3, -0.25) is 0 Å². The first kappa shape index (κ1) is 21.5. The molecule has 166 valence electrons. The van der Waals surface area contributed by atoms with Crippen molar-refractivity contribution in [3.05, 3.63) is 107 Å². The average Bonchev–Trinajstić information content (AvgIpc) is 2.87. The number of benzene rings is 4. The van der Waals surface area contributed by atoms with Gasteiger partial charge in [0.05, 0.1) is 0 Å². The molecule has 0 aromatic heterocycles. The van der Waals surface area contributed by atoms with Gasteiger partial charge in [-0.05, 0) is 94.5 Å². The summed E-state index contributed by atoms with van der Waals surface area (Å²) >= 11 is 0. The molecule has 0 fully saturated rings. The van der Waals surface area contributed by atoms with Crippen molar-refractivity contribution < 1.29 is 5.11 Å². The fourth-order valence-electron chi connectivity index (χ4n) is 5.30. The number of aromatic hydroxyl groups is 1. The lowest BCUT2D eigenvalue weighted by Gasteiger charge is -2.25. The topological polar surface area (TPSA) is 20.2 Å². The minimum atomic E-state index is 0.323. The first-order valence-electron chi connectivity index (χ1n) is 12.3. The van der Waals surface area contributed by atoms with Crippen molar-refractivity contribution in [3.8, 4) is 5.75 Å². The van der Waals surface area contributed by atoms with Crippen LogP contribution in [-0.4, -0.2) is 5.11 Å².